The van der Waals surface area contributed by atoms with E-state index in [9.17, 15) is 0 Å². The molecule has 1 unspecified atom stereocenters. The molecule has 4 N–H and O–H groups in total. The van der Waals surface area contributed by atoms with Gasteiger partial charge in [-0.15, -0.1) is 36.4 Å². The Morgan fingerprint density at radius 2 is 1.71 bits per heavy atom. The first-order valence-electron chi connectivity index (χ1n) is 5.72. The highest BCUT2D eigenvalue weighted by Crippen LogP contribution is 2.08. The number of nitrogens with two attached hydrogens (primary N) is 2. The van der Waals surface area contributed by atoms with Gasteiger partial charge in [0.2, 0.25) is 0 Å². The highest BCUT2D eigenvalue weighted by molar-refractivity contribution is 8.00. The Kier molecular flexibility index (Phi) is 20.3. The van der Waals surface area contributed by atoms with Crippen molar-refractivity contribution < 1.29 is 0 Å². The van der Waals surface area contributed by atoms with Gasteiger partial charge in [0.1, 0.15) is 0 Å². The summed E-state index contributed by atoms with van der Waals surface area (Å²) in [5.41, 5.74) is 10.5. The van der Waals surface area contributed by atoms with Crippen LogP contribution in [-0.4, -0.2) is 35.6 Å². The summed E-state index contributed by atoms with van der Waals surface area (Å²) in [7, 11) is 0. The van der Waals surface area contributed by atoms with E-state index in [2.05, 4.69) is 11.8 Å². The van der Waals surface area contributed by atoms with Crippen molar-refractivity contribution in [1.29, 1.82) is 0 Å². The van der Waals surface area contributed by atoms with E-state index in [1.54, 1.807) is 23.5 Å². The third kappa shape index (κ3) is 21.6. The molecule has 0 aliphatic heterocycles. The minimum Gasteiger partial charge on any atom is -0.330 e. The van der Waals surface area contributed by atoms with Crippen molar-refractivity contribution in [2.24, 2.45) is 11.5 Å². The number of hydrogen-bond donors (Lipinski definition) is 2. The smallest absolute Gasteiger partial charge is 0.0626 e. The van der Waals surface area contributed by atoms with Gasteiger partial charge in [0.15, 0.2) is 0 Å². The fourth-order valence-electron chi connectivity index (χ4n) is 0.708. The first-order chi connectivity index (χ1) is 8.22. The summed E-state index contributed by atoms with van der Waals surface area (Å²) in [6, 6.07) is 0. The van der Waals surface area contributed by atoms with Crippen LogP contribution in [0.1, 0.15) is 19.8 Å². The van der Waals surface area contributed by atoms with E-state index >= 15 is 0 Å². The Bertz CT molecular complexity index is 218. The summed E-state index contributed by atoms with van der Waals surface area (Å²) < 4.78 is 0. The van der Waals surface area contributed by atoms with E-state index in [1.807, 2.05) is 6.92 Å². The second-order valence-electron chi connectivity index (χ2n) is 3.22. The van der Waals surface area contributed by atoms with E-state index in [-0.39, 0.29) is 0 Å². The Labute approximate surface area is 115 Å². The molecule has 17 heavy (non-hydrogen) atoms. The minimum absolute atomic E-state index is 0.344. The molecule has 98 valence electrons. The van der Waals surface area contributed by atoms with Crippen LogP contribution in [0.4, 0.5) is 0 Å². The van der Waals surface area contributed by atoms with Crippen molar-refractivity contribution in [1.82, 2.24) is 0 Å². The van der Waals surface area contributed by atoms with Gasteiger partial charge in [-0.2, -0.15) is 0 Å². The van der Waals surface area contributed by atoms with Crippen LogP contribution in [0.3, 0.4) is 0 Å². The molecule has 0 rings (SSSR count). The zero-order chi connectivity index (χ0) is 13.4. The van der Waals surface area contributed by atoms with Gasteiger partial charge in [0.25, 0.3) is 0 Å². The summed E-state index contributed by atoms with van der Waals surface area (Å²) in [4.78, 5) is 0. The molecule has 0 saturated carbocycles. The molecule has 0 saturated heterocycles. The molecule has 4 heteroatoms. The summed E-state index contributed by atoms with van der Waals surface area (Å²) in [6.07, 6.45) is 12.3. The zero-order valence-electron chi connectivity index (χ0n) is 10.7. The lowest BCUT2D eigenvalue weighted by Crippen LogP contribution is -2.01. The van der Waals surface area contributed by atoms with Gasteiger partial charge in [-0.25, -0.2) is 0 Å². The van der Waals surface area contributed by atoms with Crippen LogP contribution in [-0.2, 0) is 0 Å². The van der Waals surface area contributed by atoms with E-state index in [0.717, 1.165) is 43.2 Å². The molecule has 0 bridgehead atoms. The van der Waals surface area contributed by atoms with Gasteiger partial charge in [-0.1, -0.05) is 11.8 Å². The average Bonchev–Trinajstić information content (AvgIpc) is 2.35. The summed E-state index contributed by atoms with van der Waals surface area (Å²) >= 11 is 3.55. The molecule has 0 aromatic carbocycles. The second-order valence-corrected chi connectivity index (χ2v) is 5.77. The van der Waals surface area contributed by atoms with Gasteiger partial charge >= 0.3 is 0 Å². The monoisotopic (exact) mass is 272 g/mol. The van der Waals surface area contributed by atoms with Crippen LogP contribution in [0.15, 0.2) is 0 Å². The number of hydrogen-bond acceptors (Lipinski definition) is 4. The quantitative estimate of drug-likeness (QED) is 0.522. The number of terminal acetylenes is 2. The van der Waals surface area contributed by atoms with Crippen molar-refractivity contribution in [2.45, 2.75) is 25.0 Å². The van der Waals surface area contributed by atoms with Gasteiger partial charge in [-0.05, 0) is 44.4 Å². The summed E-state index contributed by atoms with van der Waals surface area (Å²) in [6.45, 7) is 3.57. The largest absolute Gasteiger partial charge is 0.330 e. The third-order valence-corrected chi connectivity index (χ3v) is 3.74. The van der Waals surface area contributed by atoms with Crippen LogP contribution in [0.25, 0.3) is 0 Å². The molecule has 2 nitrogen and oxygen atoms in total. The molecule has 0 spiro atoms. The lowest BCUT2D eigenvalue weighted by molar-refractivity contribution is 0.941. The maximum absolute atomic E-state index is 5.29. The normalized spacial score (nSPS) is 10.6. The van der Waals surface area contributed by atoms with Crippen LogP contribution >= 0.6 is 23.5 Å². The Hall–Kier alpha value is -0.260. The SMILES string of the molecule is C#CC(C)SCCCN.C#CCSCCCN. The zero-order valence-corrected chi connectivity index (χ0v) is 12.3. The summed E-state index contributed by atoms with van der Waals surface area (Å²) in [5, 5.41) is 0.344. The predicted molar refractivity (Wildman–Crippen MR) is 84.3 cm³/mol. The fraction of sp³-hybridized carbons (Fsp3) is 0.692. The molecule has 0 heterocycles. The Morgan fingerprint density at radius 3 is 2.18 bits per heavy atom. The first kappa shape index (κ1) is 19.1. The third-order valence-electron chi connectivity index (χ3n) is 1.63. The molecule has 0 radical (unpaired) electrons. The lowest BCUT2D eigenvalue weighted by Gasteiger charge is -2.00. The molecule has 0 aromatic heterocycles. The molecule has 0 aliphatic rings. The predicted octanol–water partition coefficient (Wildman–Crippen LogP) is 1.79. The topological polar surface area (TPSA) is 52.0 Å². The van der Waals surface area contributed by atoms with Gasteiger partial charge in [-0.3, -0.25) is 0 Å². The molecule has 0 amide bonds. The molecular weight excluding hydrogens is 248 g/mol. The van der Waals surface area contributed by atoms with Crippen molar-refractivity contribution in [2.75, 3.05) is 30.3 Å². The Morgan fingerprint density at radius 1 is 1.12 bits per heavy atom. The van der Waals surface area contributed by atoms with Crippen molar-refractivity contribution in [3.63, 3.8) is 0 Å². The maximum Gasteiger partial charge on any atom is 0.0626 e. The van der Waals surface area contributed by atoms with E-state index in [4.69, 9.17) is 24.3 Å². The van der Waals surface area contributed by atoms with Crippen LogP contribution < -0.4 is 11.5 Å². The van der Waals surface area contributed by atoms with Gasteiger partial charge < -0.3 is 11.5 Å². The molecule has 0 aromatic rings. The second kappa shape index (κ2) is 18.1. The molecule has 0 aliphatic carbocycles. The van der Waals surface area contributed by atoms with Crippen molar-refractivity contribution in [3.05, 3.63) is 0 Å². The first-order valence-corrected chi connectivity index (χ1v) is 7.92. The summed E-state index contributed by atoms with van der Waals surface area (Å²) in [5.74, 6) is 8.20. The highest BCUT2D eigenvalue weighted by Gasteiger charge is 1.93. The van der Waals surface area contributed by atoms with Crippen molar-refractivity contribution in [3.8, 4) is 24.7 Å². The Balaban J connectivity index is 0. The van der Waals surface area contributed by atoms with Crippen LogP contribution in [0.2, 0.25) is 0 Å². The van der Waals surface area contributed by atoms with Crippen LogP contribution in [0, 0.1) is 24.7 Å². The molecular formula is C13H24N2S2. The van der Waals surface area contributed by atoms with Crippen LogP contribution in [0.5, 0.6) is 0 Å². The lowest BCUT2D eigenvalue weighted by atomic mass is 10.5. The number of thioether (sulfide) groups is 2. The van der Waals surface area contributed by atoms with Crippen molar-refractivity contribution >= 4 is 23.5 Å². The molecule has 1 atom stereocenters. The number of rotatable bonds is 8. The van der Waals surface area contributed by atoms with E-state index < -0.39 is 0 Å². The van der Waals surface area contributed by atoms with Gasteiger partial charge in [0, 0.05) is 0 Å². The standard InChI is InChI=1S/C7H13NS.C6H11NS/c1-3-7(2)9-6-4-5-8;1-2-5-8-6-3-4-7/h1,7H,4-6,8H2,2H3;1H,3-7H2. The van der Waals surface area contributed by atoms with Gasteiger partial charge in [0.05, 0.1) is 11.0 Å². The maximum atomic E-state index is 5.29. The average molecular weight is 272 g/mol. The van der Waals surface area contributed by atoms with E-state index in [0.29, 0.717) is 5.25 Å². The fourth-order valence-corrected chi connectivity index (χ4v) is 2.12. The highest BCUT2D eigenvalue weighted by atomic mass is 32.2. The molecule has 0 fully saturated rings. The minimum atomic E-state index is 0.344. The van der Waals surface area contributed by atoms with E-state index in [1.165, 1.54) is 0 Å².